The Hall–Kier alpha value is -0.0151. The molecule has 0 aromatic heterocycles. The van der Waals surface area contributed by atoms with Gasteiger partial charge < -0.3 is 9.47 Å². The smallest absolute Gasteiger partial charge is 0.145 e. The minimum Gasteiger partial charge on any atom is -0.365 e. The Labute approximate surface area is 38.8 Å². The van der Waals surface area contributed by atoms with Gasteiger partial charge in [0.25, 0.3) is 0 Å². The van der Waals surface area contributed by atoms with Crippen molar-refractivity contribution in [1.82, 2.24) is 0 Å². The second-order valence-electron chi connectivity index (χ2n) is 0.777. The maximum absolute atomic E-state index is 4.91. The zero-order valence-electron chi connectivity index (χ0n) is 3.81. The van der Waals surface area contributed by atoms with E-state index in [-0.39, 0.29) is 13.3 Å². The molecule has 6 heavy (non-hydrogen) atoms. The summed E-state index contributed by atoms with van der Waals surface area (Å²) >= 11 is 0. The lowest BCUT2D eigenvalue weighted by atomic mass is 10.2. The molecule has 0 fully saturated rings. The van der Waals surface area contributed by atoms with E-state index in [1.807, 2.05) is 0 Å². The summed E-state index contributed by atoms with van der Waals surface area (Å²) in [5.74, 6) is 0. The number of rotatable bonds is 3. The molecule has 0 bridgehead atoms. The van der Waals surface area contributed by atoms with Crippen molar-refractivity contribution in [1.29, 1.82) is 0 Å². The molecule has 0 aromatic carbocycles. The first-order valence-corrected chi connectivity index (χ1v) is 1.68. The van der Waals surface area contributed by atoms with Gasteiger partial charge in [0.05, 0.1) is 0 Å². The summed E-state index contributed by atoms with van der Waals surface area (Å²) in [5, 5.41) is 0. The van der Waals surface area contributed by atoms with Crippen LogP contribution in [0, 0.1) is 0 Å². The van der Waals surface area contributed by atoms with Gasteiger partial charge in [-0.1, -0.05) is 0 Å². The Morgan fingerprint density at radius 1 is 1.67 bits per heavy atom. The van der Waals surface area contributed by atoms with Gasteiger partial charge in [0, 0.05) is 13.6 Å². The summed E-state index contributed by atoms with van der Waals surface area (Å²) in [6.07, 6.45) is 0. The molecule has 3 heteroatoms. The molecular formula is C3H7BO2. The van der Waals surface area contributed by atoms with Crippen molar-refractivity contribution >= 4 is 7.85 Å². The van der Waals surface area contributed by atoms with Crippen molar-refractivity contribution in [3.05, 3.63) is 0 Å². The van der Waals surface area contributed by atoms with E-state index in [0.717, 1.165) is 0 Å². The first kappa shape index (κ1) is 5.98. The molecular weight excluding hydrogens is 78.8 g/mol. The zero-order valence-corrected chi connectivity index (χ0v) is 3.81. The molecule has 0 aromatic rings. The Balaban J connectivity index is 2.34. The van der Waals surface area contributed by atoms with Crippen LogP contribution in [0.1, 0.15) is 0 Å². The molecule has 2 radical (unpaired) electrons. The maximum Gasteiger partial charge on any atom is 0.145 e. The molecule has 0 saturated heterocycles. The Kier molecular flexibility index (Phi) is 4.97. The third-order valence-corrected chi connectivity index (χ3v) is 0.319. The van der Waals surface area contributed by atoms with Gasteiger partial charge in [-0.05, 0) is 0 Å². The van der Waals surface area contributed by atoms with E-state index in [1.165, 1.54) is 0 Å². The predicted octanol–water partition coefficient (Wildman–Crippen LogP) is -0.267. The molecule has 0 aliphatic carbocycles. The van der Waals surface area contributed by atoms with Gasteiger partial charge in [-0.15, -0.1) is 0 Å². The highest BCUT2D eigenvalue weighted by atomic mass is 16.7. The van der Waals surface area contributed by atoms with E-state index in [9.17, 15) is 0 Å². The number of methoxy groups -OCH3 is 1. The van der Waals surface area contributed by atoms with Gasteiger partial charge in [0.1, 0.15) is 14.6 Å². The van der Waals surface area contributed by atoms with E-state index in [0.29, 0.717) is 0 Å². The van der Waals surface area contributed by atoms with Crippen LogP contribution in [0.5, 0.6) is 0 Å². The molecule has 0 N–H and O–H groups in total. The maximum atomic E-state index is 4.91. The van der Waals surface area contributed by atoms with Crippen molar-refractivity contribution in [3.8, 4) is 0 Å². The average Bonchev–Trinajstić information content (AvgIpc) is 1.61. The van der Waals surface area contributed by atoms with Crippen LogP contribution in [0.2, 0.25) is 0 Å². The zero-order chi connectivity index (χ0) is 4.83. The topological polar surface area (TPSA) is 18.5 Å². The monoisotopic (exact) mass is 86.1 g/mol. The minimum absolute atomic E-state index is 0.230. The Bertz CT molecular complexity index is 20.8. The van der Waals surface area contributed by atoms with E-state index >= 15 is 0 Å². The number of hydrogen-bond acceptors (Lipinski definition) is 2. The molecule has 0 saturated carbocycles. The predicted molar refractivity (Wildman–Crippen MR) is 23.6 cm³/mol. The van der Waals surface area contributed by atoms with Crippen molar-refractivity contribution in [2.24, 2.45) is 0 Å². The van der Waals surface area contributed by atoms with E-state index < -0.39 is 0 Å². The standard InChI is InChI=1S/C3H7BO2/c1-5-3-6-2-4/h2-3H2,1H3. The molecule has 2 nitrogen and oxygen atoms in total. The van der Waals surface area contributed by atoms with Gasteiger partial charge in [0.15, 0.2) is 0 Å². The average molecular weight is 85.9 g/mol. The van der Waals surface area contributed by atoms with Crippen molar-refractivity contribution < 1.29 is 9.47 Å². The third kappa shape index (κ3) is 3.98. The lowest BCUT2D eigenvalue weighted by Gasteiger charge is -1.93. The van der Waals surface area contributed by atoms with Gasteiger partial charge in [-0.3, -0.25) is 0 Å². The van der Waals surface area contributed by atoms with E-state index in [4.69, 9.17) is 7.85 Å². The summed E-state index contributed by atoms with van der Waals surface area (Å²) in [4.78, 5) is 0. The van der Waals surface area contributed by atoms with E-state index in [2.05, 4.69) is 9.47 Å². The van der Waals surface area contributed by atoms with Gasteiger partial charge >= 0.3 is 0 Å². The van der Waals surface area contributed by atoms with Crippen LogP contribution < -0.4 is 0 Å². The molecule has 0 unspecified atom stereocenters. The summed E-state index contributed by atoms with van der Waals surface area (Å²) in [6.45, 7) is 0.518. The summed E-state index contributed by atoms with van der Waals surface area (Å²) in [7, 11) is 6.46. The lowest BCUT2D eigenvalue weighted by molar-refractivity contribution is -0.0115. The Morgan fingerprint density at radius 3 is 2.50 bits per heavy atom. The van der Waals surface area contributed by atoms with Crippen LogP contribution in [0.4, 0.5) is 0 Å². The van der Waals surface area contributed by atoms with Crippen LogP contribution >= 0.6 is 0 Å². The molecule has 0 atom stereocenters. The summed E-state index contributed by atoms with van der Waals surface area (Å²) < 4.78 is 9.02. The first-order chi connectivity index (χ1) is 2.91. The van der Waals surface area contributed by atoms with Crippen LogP contribution in [0.3, 0.4) is 0 Å². The van der Waals surface area contributed by atoms with Crippen LogP contribution in [-0.2, 0) is 9.47 Å². The van der Waals surface area contributed by atoms with Crippen molar-refractivity contribution in [3.63, 3.8) is 0 Å². The Morgan fingerprint density at radius 2 is 2.33 bits per heavy atom. The minimum atomic E-state index is 0.230. The second kappa shape index (κ2) is 4.98. The number of ether oxygens (including phenoxy) is 2. The van der Waals surface area contributed by atoms with Crippen LogP contribution in [-0.4, -0.2) is 28.3 Å². The van der Waals surface area contributed by atoms with Crippen molar-refractivity contribution in [2.45, 2.75) is 0 Å². The molecule has 0 aliphatic rings. The number of hydrogen-bond donors (Lipinski definition) is 0. The van der Waals surface area contributed by atoms with Gasteiger partial charge in [-0.25, -0.2) is 0 Å². The molecule has 0 aliphatic heterocycles. The summed E-state index contributed by atoms with van der Waals surface area (Å²) in [5.41, 5.74) is 0. The highest BCUT2D eigenvalue weighted by Gasteiger charge is 1.71. The third-order valence-electron chi connectivity index (χ3n) is 0.319. The lowest BCUT2D eigenvalue weighted by Crippen LogP contribution is -1.96. The fraction of sp³-hybridized carbons (Fsp3) is 1.00. The van der Waals surface area contributed by atoms with Crippen LogP contribution in [0.25, 0.3) is 0 Å². The molecule has 0 rings (SSSR count). The molecule has 0 heterocycles. The first-order valence-electron chi connectivity index (χ1n) is 1.68. The SMILES string of the molecule is [B]COCOC. The van der Waals surface area contributed by atoms with E-state index in [1.54, 1.807) is 7.11 Å². The summed E-state index contributed by atoms with van der Waals surface area (Å²) in [6, 6.07) is 0. The highest BCUT2D eigenvalue weighted by molar-refractivity contribution is 6.08. The molecule has 0 amide bonds. The second-order valence-corrected chi connectivity index (χ2v) is 0.777. The largest absolute Gasteiger partial charge is 0.365 e. The normalized spacial score (nSPS) is 8.83. The van der Waals surface area contributed by atoms with Crippen LogP contribution in [0.15, 0.2) is 0 Å². The fourth-order valence-corrected chi connectivity index (χ4v) is 0.131. The fourth-order valence-electron chi connectivity index (χ4n) is 0.131. The highest BCUT2D eigenvalue weighted by Crippen LogP contribution is 1.66. The quantitative estimate of drug-likeness (QED) is 0.267. The van der Waals surface area contributed by atoms with Gasteiger partial charge in [-0.2, -0.15) is 0 Å². The van der Waals surface area contributed by atoms with Crippen molar-refractivity contribution in [2.75, 3.05) is 20.4 Å². The van der Waals surface area contributed by atoms with Gasteiger partial charge in [0.2, 0.25) is 0 Å². The molecule has 34 valence electrons. The molecule has 0 spiro atoms.